The molecule has 110 valence electrons. The molecule has 0 saturated heterocycles. The van der Waals surface area contributed by atoms with E-state index in [2.05, 4.69) is 35.1 Å². The minimum atomic E-state index is 0.0694. The Labute approximate surface area is 129 Å². The largest absolute Gasteiger partial charge is 0.495 e. The Morgan fingerprint density at radius 3 is 2.80 bits per heavy atom. The zero-order chi connectivity index (χ0) is 14.8. The first-order valence-electron chi connectivity index (χ1n) is 7.08. The first-order chi connectivity index (χ1) is 9.44. The van der Waals surface area contributed by atoms with Gasteiger partial charge in [-0.2, -0.15) is 0 Å². The standard InChI is InChI=1S/C16H22BrNO2/c1-16(2)9-5-4-6-12(16)15(19)18-13-10-11(17)7-8-14(13)20-3/h7-8,10,12H,4-6,9H2,1-3H3,(H,18,19). The van der Waals surface area contributed by atoms with E-state index in [4.69, 9.17) is 4.74 Å². The van der Waals surface area contributed by atoms with Gasteiger partial charge in [0.15, 0.2) is 0 Å². The molecule has 1 amide bonds. The van der Waals surface area contributed by atoms with Crippen LogP contribution in [0.1, 0.15) is 39.5 Å². The molecule has 2 rings (SSSR count). The maximum Gasteiger partial charge on any atom is 0.228 e. The summed E-state index contributed by atoms with van der Waals surface area (Å²) in [5.41, 5.74) is 0.801. The molecule has 0 aliphatic heterocycles. The number of carbonyl (C=O) groups is 1. The summed E-state index contributed by atoms with van der Waals surface area (Å²) in [4.78, 5) is 12.6. The fourth-order valence-corrected chi connectivity index (χ4v) is 3.34. The second-order valence-corrected chi connectivity index (χ2v) is 7.04. The van der Waals surface area contributed by atoms with Gasteiger partial charge in [0.1, 0.15) is 5.75 Å². The van der Waals surface area contributed by atoms with E-state index >= 15 is 0 Å². The summed E-state index contributed by atoms with van der Waals surface area (Å²) in [6.45, 7) is 4.38. The van der Waals surface area contributed by atoms with Crippen molar-refractivity contribution in [2.45, 2.75) is 39.5 Å². The van der Waals surface area contributed by atoms with Crippen LogP contribution in [-0.2, 0) is 4.79 Å². The molecule has 20 heavy (non-hydrogen) atoms. The lowest BCUT2D eigenvalue weighted by Crippen LogP contribution is -2.37. The number of amides is 1. The van der Waals surface area contributed by atoms with Crippen molar-refractivity contribution >= 4 is 27.5 Å². The molecule has 0 bridgehead atoms. The van der Waals surface area contributed by atoms with E-state index in [1.54, 1.807) is 7.11 Å². The average Bonchev–Trinajstić information content (AvgIpc) is 2.38. The van der Waals surface area contributed by atoms with Crippen LogP contribution in [0.3, 0.4) is 0 Å². The van der Waals surface area contributed by atoms with Crippen molar-refractivity contribution in [2.75, 3.05) is 12.4 Å². The fourth-order valence-electron chi connectivity index (χ4n) is 2.98. The SMILES string of the molecule is COc1ccc(Br)cc1NC(=O)C1CCCCC1(C)C. The van der Waals surface area contributed by atoms with E-state index in [0.29, 0.717) is 5.75 Å². The molecule has 1 N–H and O–H groups in total. The second kappa shape index (κ2) is 6.17. The Morgan fingerprint density at radius 2 is 2.15 bits per heavy atom. The Kier molecular flexibility index (Phi) is 4.74. The van der Waals surface area contributed by atoms with Crippen LogP contribution >= 0.6 is 15.9 Å². The van der Waals surface area contributed by atoms with Gasteiger partial charge in [0, 0.05) is 10.4 Å². The molecule has 4 heteroatoms. The molecule has 0 radical (unpaired) electrons. The maximum atomic E-state index is 12.6. The van der Waals surface area contributed by atoms with Crippen molar-refractivity contribution in [2.24, 2.45) is 11.3 Å². The van der Waals surface area contributed by atoms with Gasteiger partial charge in [-0.05, 0) is 36.5 Å². The van der Waals surface area contributed by atoms with Gasteiger partial charge in [0.05, 0.1) is 12.8 Å². The number of nitrogens with one attached hydrogen (secondary N) is 1. The van der Waals surface area contributed by atoms with Gasteiger partial charge in [-0.15, -0.1) is 0 Å². The van der Waals surface area contributed by atoms with E-state index in [1.807, 2.05) is 18.2 Å². The minimum absolute atomic E-state index is 0.0694. The minimum Gasteiger partial charge on any atom is -0.495 e. The van der Waals surface area contributed by atoms with Crippen molar-refractivity contribution in [3.8, 4) is 5.75 Å². The van der Waals surface area contributed by atoms with Crippen LogP contribution in [0.4, 0.5) is 5.69 Å². The Morgan fingerprint density at radius 1 is 1.40 bits per heavy atom. The summed E-state index contributed by atoms with van der Waals surface area (Å²) in [5, 5.41) is 3.03. The van der Waals surface area contributed by atoms with E-state index in [-0.39, 0.29) is 17.2 Å². The van der Waals surface area contributed by atoms with Crippen LogP contribution in [-0.4, -0.2) is 13.0 Å². The van der Waals surface area contributed by atoms with Crippen LogP contribution < -0.4 is 10.1 Å². The second-order valence-electron chi connectivity index (χ2n) is 6.12. The van der Waals surface area contributed by atoms with Gasteiger partial charge in [-0.25, -0.2) is 0 Å². The summed E-state index contributed by atoms with van der Waals surface area (Å²) in [6, 6.07) is 5.64. The average molecular weight is 340 g/mol. The van der Waals surface area contributed by atoms with Crippen LogP contribution in [0.2, 0.25) is 0 Å². The van der Waals surface area contributed by atoms with Gasteiger partial charge in [0.25, 0.3) is 0 Å². The maximum absolute atomic E-state index is 12.6. The van der Waals surface area contributed by atoms with Crippen LogP contribution in [0, 0.1) is 11.3 Å². The van der Waals surface area contributed by atoms with E-state index in [9.17, 15) is 4.79 Å². The first-order valence-corrected chi connectivity index (χ1v) is 7.88. The smallest absolute Gasteiger partial charge is 0.228 e. The molecule has 1 aliphatic carbocycles. The molecular formula is C16H22BrNO2. The lowest BCUT2D eigenvalue weighted by molar-refractivity contribution is -0.124. The Balaban J connectivity index is 2.17. The number of anilines is 1. The predicted molar refractivity (Wildman–Crippen MR) is 85.1 cm³/mol. The topological polar surface area (TPSA) is 38.3 Å². The number of ether oxygens (including phenoxy) is 1. The molecule has 1 aromatic carbocycles. The normalized spacial score (nSPS) is 21.3. The molecular weight excluding hydrogens is 318 g/mol. The molecule has 0 spiro atoms. The van der Waals surface area contributed by atoms with Crippen LogP contribution in [0.15, 0.2) is 22.7 Å². The zero-order valence-corrected chi connectivity index (χ0v) is 13.9. The lowest BCUT2D eigenvalue weighted by Gasteiger charge is -2.37. The fraction of sp³-hybridized carbons (Fsp3) is 0.562. The van der Waals surface area contributed by atoms with Gasteiger partial charge < -0.3 is 10.1 Å². The quantitative estimate of drug-likeness (QED) is 0.872. The van der Waals surface area contributed by atoms with Gasteiger partial charge in [-0.1, -0.05) is 42.6 Å². The molecule has 0 aromatic heterocycles. The number of carbonyl (C=O) groups excluding carboxylic acids is 1. The highest BCUT2D eigenvalue weighted by atomic mass is 79.9. The monoisotopic (exact) mass is 339 g/mol. The van der Waals surface area contributed by atoms with E-state index in [1.165, 1.54) is 6.42 Å². The molecule has 1 aromatic rings. The van der Waals surface area contributed by atoms with E-state index in [0.717, 1.165) is 29.4 Å². The van der Waals surface area contributed by atoms with Crippen molar-refractivity contribution in [3.63, 3.8) is 0 Å². The number of hydrogen-bond donors (Lipinski definition) is 1. The molecule has 3 nitrogen and oxygen atoms in total. The molecule has 1 aliphatic rings. The molecule has 1 fully saturated rings. The van der Waals surface area contributed by atoms with Crippen LogP contribution in [0.25, 0.3) is 0 Å². The van der Waals surface area contributed by atoms with Gasteiger partial charge >= 0.3 is 0 Å². The summed E-state index contributed by atoms with van der Waals surface area (Å²) in [5.74, 6) is 0.862. The van der Waals surface area contributed by atoms with Gasteiger partial charge in [-0.3, -0.25) is 4.79 Å². The molecule has 1 unspecified atom stereocenters. The third-order valence-corrected chi connectivity index (χ3v) is 4.74. The Hall–Kier alpha value is -1.03. The number of hydrogen-bond acceptors (Lipinski definition) is 2. The first kappa shape index (κ1) is 15.4. The number of benzene rings is 1. The predicted octanol–water partition coefficient (Wildman–Crippen LogP) is 4.61. The highest BCUT2D eigenvalue weighted by molar-refractivity contribution is 9.10. The molecule has 1 saturated carbocycles. The molecule has 1 atom stereocenters. The van der Waals surface area contributed by atoms with Crippen molar-refractivity contribution in [1.29, 1.82) is 0 Å². The summed E-state index contributed by atoms with van der Waals surface area (Å²) in [6.07, 6.45) is 4.43. The van der Waals surface area contributed by atoms with E-state index < -0.39 is 0 Å². The number of methoxy groups -OCH3 is 1. The molecule has 0 heterocycles. The number of rotatable bonds is 3. The van der Waals surface area contributed by atoms with Crippen LogP contribution in [0.5, 0.6) is 5.75 Å². The summed E-state index contributed by atoms with van der Waals surface area (Å²) in [7, 11) is 1.61. The lowest BCUT2D eigenvalue weighted by atomic mass is 9.68. The summed E-state index contributed by atoms with van der Waals surface area (Å²) < 4.78 is 6.23. The third kappa shape index (κ3) is 3.35. The third-order valence-electron chi connectivity index (χ3n) is 4.24. The number of halogens is 1. The van der Waals surface area contributed by atoms with Crippen molar-refractivity contribution in [3.05, 3.63) is 22.7 Å². The summed E-state index contributed by atoms with van der Waals surface area (Å²) >= 11 is 3.43. The zero-order valence-electron chi connectivity index (χ0n) is 12.3. The van der Waals surface area contributed by atoms with Gasteiger partial charge in [0.2, 0.25) is 5.91 Å². The highest BCUT2D eigenvalue weighted by Gasteiger charge is 2.37. The highest BCUT2D eigenvalue weighted by Crippen LogP contribution is 2.41. The van der Waals surface area contributed by atoms with Crippen molar-refractivity contribution in [1.82, 2.24) is 0 Å². The Bertz CT molecular complexity index is 499. The van der Waals surface area contributed by atoms with Crippen molar-refractivity contribution < 1.29 is 9.53 Å².